The molecule has 4 nitrogen and oxygen atoms in total. The van der Waals surface area contributed by atoms with Crippen LogP contribution in [-0.2, 0) is 0 Å². The Morgan fingerprint density at radius 2 is 1.89 bits per heavy atom. The summed E-state index contributed by atoms with van der Waals surface area (Å²) in [6.45, 7) is 3.96. The zero-order valence-corrected chi connectivity index (χ0v) is 12.2. The van der Waals surface area contributed by atoms with Gasteiger partial charge >= 0.3 is 0 Å². The lowest BCUT2D eigenvalue weighted by Gasteiger charge is -2.13. The number of hydrogen-bond acceptors (Lipinski definition) is 4. The first-order valence-electron chi connectivity index (χ1n) is 6.07. The quantitative estimate of drug-likeness (QED) is 0.930. The normalized spacial score (nSPS) is 14.4. The number of halogens is 2. The van der Waals surface area contributed by atoms with E-state index < -0.39 is 0 Å². The molecule has 0 amide bonds. The molecule has 0 spiro atoms. The van der Waals surface area contributed by atoms with Crippen molar-refractivity contribution >= 4 is 23.2 Å². The molecule has 2 N–H and O–H groups in total. The molecular weight excluding hydrogens is 285 g/mol. The second kappa shape index (κ2) is 5.90. The van der Waals surface area contributed by atoms with Gasteiger partial charge in [0.25, 0.3) is 0 Å². The molecule has 0 radical (unpaired) electrons. The highest BCUT2D eigenvalue weighted by Gasteiger charge is 2.21. The number of rotatable bonds is 4. The van der Waals surface area contributed by atoms with Crippen LogP contribution in [-0.4, -0.2) is 16.2 Å². The Bertz CT molecular complexity index is 549. The van der Waals surface area contributed by atoms with E-state index in [-0.39, 0.29) is 12.0 Å². The lowest BCUT2D eigenvalue weighted by atomic mass is 9.99. The first kappa shape index (κ1) is 14.3. The van der Waals surface area contributed by atoms with E-state index in [2.05, 4.69) is 10.1 Å². The van der Waals surface area contributed by atoms with Crippen molar-refractivity contribution < 1.29 is 4.52 Å². The van der Waals surface area contributed by atoms with Gasteiger partial charge in [-0.1, -0.05) is 35.3 Å². The summed E-state index contributed by atoms with van der Waals surface area (Å²) in [5.41, 5.74) is 6.63. The summed E-state index contributed by atoms with van der Waals surface area (Å²) in [4.78, 5) is 4.38. The summed E-state index contributed by atoms with van der Waals surface area (Å²) in [5.74, 6) is 1.07. The van der Waals surface area contributed by atoms with E-state index in [9.17, 15) is 0 Å². The molecule has 0 saturated heterocycles. The van der Waals surface area contributed by atoms with Crippen molar-refractivity contribution in [1.29, 1.82) is 0 Å². The van der Waals surface area contributed by atoms with E-state index in [1.54, 1.807) is 18.2 Å². The van der Waals surface area contributed by atoms with Gasteiger partial charge in [-0.3, -0.25) is 0 Å². The topological polar surface area (TPSA) is 64.9 Å². The van der Waals surface area contributed by atoms with E-state index in [1.807, 2.05) is 13.8 Å². The third-order valence-electron chi connectivity index (χ3n) is 2.95. The Kier molecular flexibility index (Phi) is 4.45. The lowest BCUT2D eigenvalue weighted by Crippen LogP contribution is -2.24. The first-order chi connectivity index (χ1) is 9.01. The molecule has 19 heavy (non-hydrogen) atoms. The van der Waals surface area contributed by atoms with Gasteiger partial charge in [0.1, 0.15) is 0 Å². The minimum Gasteiger partial charge on any atom is -0.339 e. The fourth-order valence-corrected chi connectivity index (χ4v) is 2.48. The number of nitrogens with zero attached hydrogens (tertiary/aromatic N) is 2. The van der Waals surface area contributed by atoms with Crippen molar-refractivity contribution in [1.82, 2.24) is 10.1 Å². The Morgan fingerprint density at radius 1 is 1.26 bits per heavy atom. The lowest BCUT2D eigenvalue weighted by molar-refractivity contribution is 0.334. The molecule has 2 aromatic rings. The SMILES string of the molecule is CCC(c1nc(-c2cc(Cl)cc(Cl)c2)no1)C(C)N. The smallest absolute Gasteiger partial charge is 0.231 e. The van der Waals surface area contributed by atoms with Crippen molar-refractivity contribution in [3.8, 4) is 11.4 Å². The molecule has 0 aliphatic carbocycles. The highest BCUT2D eigenvalue weighted by atomic mass is 35.5. The fourth-order valence-electron chi connectivity index (χ4n) is 1.96. The maximum Gasteiger partial charge on any atom is 0.231 e. The molecule has 102 valence electrons. The van der Waals surface area contributed by atoms with E-state index in [0.29, 0.717) is 21.8 Å². The third kappa shape index (κ3) is 3.26. The monoisotopic (exact) mass is 299 g/mol. The molecule has 1 heterocycles. The Labute approximate surface area is 121 Å². The Morgan fingerprint density at radius 3 is 2.42 bits per heavy atom. The zero-order chi connectivity index (χ0) is 14.0. The summed E-state index contributed by atoms with van der Waals surface area (Å²) in [7, 11) is 0. The predicted molar refractivity (Wildman–Crippen MR) is 76.4 cm³/mol. The first-order valence-corrected chi connectivity index (χ1v) is 6.82. The average Bonchev–Trinajstić information content (AvgIpc) is 2.77. The Hall–Kier alpha value is -1.10. The molecule has 0 saturated carbocycles. The van der Waals surface area contributed by atoms with Gasteiger partial charge in [-0.15, -0.1) is 0 Å². The van der Waals surface area contributed by atoms with Crippen LogP contribution >= 0.6 is 23.2 Å². The van der Waals surface area contributed by atoms with E-state index in [1.165, 1.54) is 0 Å². The second-order valence-electron chi connectivity index (χ2n) is 4.49. The molecule has 2 atom stereocenters. The minimum atomic E-state index is -0.0405. The number of nitrogens with two attached hydrogens (primary N) is 1. The van der Waals surface area contributed by atoms with Crippen molar-refractivity contribution in [3.63, 3.8) is 0 Å². The van der Waals surface area contributed by atoms with Crippen LogP contribution in [0.2, 0.25) is 10.0 Å². The molecule has 0 bridgehead atoms. The van der Waals surface area contributed by atoms with Crippen LogP contribution in [0.4, 0.5) is 0 Å². The second-order valence-corrected chi connectivity index (χ2v) is 5.36. The molecule has 6 heteroatoms. The number of aromatic nitrogens is 2. The van der Waals surface area contributed by atoms with Crippen molar-refractivity contribution in [3.05, 3.63) is 34.1 Å². The summed E-state index contributed by atoms with van der Waals surface area (Å²) in [6.07, 6.45) is 0.843. The minimum absolute atomic E-state index is 0.0405. The molecule has 0 fully saturated rings. The molecule has 0 aliphatic rings. The fraction of sp³-hybridized carbons (Fsp3) is 0.385. The standard InChI is InChI=1S/C13H15Cl2N3O/c1-3-11(7(2)16)13-17-12(18-19-13)8-4-9(14)6-10(15)5-8/h4-7,11H,3,16H2,1-2H3. The van der Waals surface area contributed by atoms with Crippen LogP contribution in [0.5, 0.6) is 0 Å². The highest BCUT2D eigenvalue weighted by Crippen LogP contribution is 2.27. The number of hydrogen-bond donors (Lipinski definition) is 1. The van der Waals surface area contributed by atoms with E-state index in [4.69, 9.17) is 33.5 Å². The summed E-state index contributed by atoms with van der Waals surface area (Å²) in [6, 6.07) is 5.11. The molecule has 1 aromatic heterocycles. The highest BCUT2D eigenvalue weighted by molar-refractivity contribution is 6.35. The van der Waals surface area contributed by atoms with Gasteiger partial charge in [-0.2, -0.15) is 4.98 Å². The maximum atomic E-state index is 5.96. The van der Waals surface area contributed by atoms with Gasteiger partial charge in [-0.05, 0) is 31.5 Å². The zero-order valence-electron chi connectivity index (χ0n) is 10.7. The Balaban J connectivity index is 2.35. The molecule has 0 aliphatic heterocycles. The van der Waals surface area contributed by atoms with Gasteiger partial charge in [0, 0.05) is 21.7 Å². The van der Waals surface area contributed by atoms with Gasteiger partial charge in [0.05, 0.1) is 5.92 Å². The average molecular weight is 300 g/mol. The van der Waals surface area contributed by atoms with Crippen molar-refractivity contribution in [2.45, 2.75) is 32.2 Å². The van der Waals surface area contributed by atoms with E-state index in [0.717, 1.165) is 12.0 Å². The molecule has 2 rings (SSSR count). The number of benzene rings is 1. The summed E-state index contributed by atoms with van der Waals surface area (Å²) >= 11 is 11.9. The van der Waals surface area contributed by atoms with Gasteiger partial charge in [-0.25, -0.2) is 0 Å². The summed E-state index contributed by atoms with van der Waals surface area (Å²) < 4.78 is 5.29. The van der Waals surface area contributed by atoms with Crippen LogP contribution in [0.25, 0.3) is 11.4 Å². The van der Waals surface area contributed by atoms with Crippen LogP contribution < -0.4 is 5.73 Å². The molecule has 1 aromatic carbocycles. The predicted octanol–water partition coefficient (Wildman–Crippen LogP) is 3.88. The van der Waals surface area contributed by atoms with Gasteiger partial charge < -0.3 is 10.3 Å². The van der Waals surface area contributed by atoms with Crippen LogP contribution in [0, 0.1) is 0 Å². The third-order valence-corrected chi connectivity index (χ3v) is 3.39. The van der Waals surface area contributed by atoms with Crippen molar-refractivity contribution in [2.75, 3.05) is 0 Å². The molecule has 2 unspecified atom stereocenters. The largest absolute Gasteiger partial charge is 0.339 e. The van der Waals surface area contributed by atoms with Crippen LogP contribution in [0.1, 0.15) is 32.1 Å². The summed E-state index contributed by atoms with van der Waals surface area (Å²) in [5, 5.41) is 5.03. The maximum absolute atomic E-state index is 5.96. The van der Waals surface area contributed by atoms with Crippen LogP contribution in [0.15, 0.2) is 22.7 Å². The van der Waals surface area contributed by atoms with Gasteiger partial charge in [0.15, 0.2) is 0 Å². The van der Waals surface area contributed by atoms with E-state index >= 15 is 0 Å². The molecular formula is C13H15Cl2N3O. The van der Waals surface area contributed by atoms with Crippen LogP contribution in [0.3, 0.4) is 0 Å². The van der Waals surface area contributed by atoms with Crippen molar-refractivity contribution in [2.24, 2.45) is 5.73 Å². The van der Waals surface area contributed by atoms with Gasteiger partial charge in [0.2, 0.25) is 11.7 Å².